The average molecular weight is 489 g/mol. The summed E-state index contributed by atoms with van der Waals surface area (Å²) in [5.41, 5.74) is 1.76. The van der Waals surface area contributed by atoms with Crippen molar-refractivity contribution in [2.24, 2.45) is 5.92 Å². The van der Waals surface area contributed by atoms with Gasteiger partial charge in [0.1, 0.15) is 11.5 Å². The lowest BCUT2D eigenvalue weighted by Crippen LogP contribution is -2.35. The molecule has 3 aliphatic rings. The van der Waals surface area contributed by atoms with Gasteiger partial charge in [0, 0.05) is 49.0 Å². The van der Waals surface area contributed by atoms with Gasteiger partial charge in [-0.15, -0.1) is 0 Å². The molecule has 3 aromatic rings. The molecule has 8 heteroatoms. The molecule has 8 nitrogen and oxygen atoms in total. The molecule has 1 aliphatic carbocycles. The number of amides is 2. The van der Waals surface area contributed by atoms with E-state index in [9.17, 15) is 4.79 Å². The van der Waals surface area contributed by atoms with Gasteiger partial charge >= 0.3 is 6.03 Å². The number of hydrogen-bond acceptors (Lipinski definition) is 6. The summed E-state index contributed by atoms with van der Waals surface area (Å²) in [6.45, 7) is 5.06. The van der Waals surface area contributed by atoms with Crippen LogP contribution in [-0.2, 0) is 16.0 Å². The molecule has 3 unspecified atom stereocenters. The third-order valence-corrected chi connectivity index (χ3v) is 7.25. The van der Waals surface area contributed by atoms with Gasteiger partial charge in [0.2, 0.25) is 0 Å². The molecule has 0 bridgehead atoms. The van der Waals surface area contributed by atoms with Gasteiger partial charge in [0.25, 0.3) is 0 Å². The molecule has 188 valence electrons. The number of anilines is 1. The second-order valence-corrected chi connectivity index (χ2v) is 9.79. The molecule has 2 aliphatic heterocycles. The van der Waals surface area contributed by atoms with Gasteiger partial charge in [-0.1, -0.05) is 24.3 Å². The van der Waals surface area contributed by atoms with Crippen molar-refractivity contribution in [1.29, 1.82) is 0 Å². The fourth-order valence-corrected chi connectivity index (χ4v) is 5.21. The number of fused-ring (bicyclic) bond motifs is 1. The monoisotopic (exact) mass is 488 g/mol. The van der Waals surface area contributed by atoms with Gasteiger partial charge in [-0.3, -0.25) is 9.88 Å². The quantitative estimate of drug-likeness (QED) is 0.508. The van der Waals surface area contributed by atoms with Crippen LogP contribution in [-0.4, -0.2) is 61.0 Å². The van der Waals surface area contributed by atoms with E-state index < -0.39 is 0 Å². The van der Waals surface area contributed by atoms with Crippen molar-refractivity contribution in [1.82, 2.24) is 15.2 Å². The highest BCUT2D eigenvalue weighted by Gasteiger charge is 2.45. The maximum Gasteiger partial charge on any atom is 0.319 e. The molecule has 0 radical (unpaired) electrons. The number of ether oxygens (including phenoxy) is 3. The summed E-state index contributed by atoms with van der Waals surface area (Å²) in [4.78, 5) is 19.6. The number of carbonyl (C=O) groups excluding carboxylic acids is 1. The molecule has 36 heavy (non-hydrogen) atoms. The fraction of sp³-hybridized carbons (Fsp3) is 0.429. The smallest absolute Gasteiger partial charge is 0.319 e. The van der Waals surface area contributed by atoms with E-state index in [0.29, 0.717) is 17.8 Å². The standard InChI is InChI=1S/C28H32N4O4/c33-28(31-25-16-23(25)26-6-3-13-35-26)30-24-9-10-27(22-5-2-1-4-21(22)24)36-20-8-7-19(29-17-20)18-32-11-14-34-15-12-32/h1-2,4-5,7-10,17,23,25-26H,3,6,11-16,18H2,(H2,30,31,33). The van der Waals surface area contributed by atoms with Crippen LogP contribution in [0.5, 0.6) is 11.5 Å². The minimum Gasteiger partial charge on any atom is -0.455 e. The lowest BCUT2D eigenvalue weighted by Gasteiger charge is -2.26. The summed E-state index contributed by atoms with van der Waals surface area (Å²) in [5, 5.41) is 7.99. The highest BCUT2D eigenvalue weighted by molar-refractivity contribution is 6.04. The first-order chi connectivity index (χ1) is 17.7. The maximum atomic E-state index is 12.7. The summed E-state index contributed by atoms with van der Waals surface area (Å²) >= 11 is 0. The Labute approximate surface area is 210 Å². The predicted molar refractivity (Wildman–Crippen MR) is 137 cm³/mol. The van der Waals surface area contributed by atoms with Crippen molar-refractivity contribution < 1.29 is 19.0 Å². The van der Waals surface area contributed by atoms with Crippen molar-refractivity contribution >= 4 is 22.5 Å². The molecule has 2 aromatic carbocycles. The molecule has 2 amide bonds. The Bertz CT molecular complexity index is 1210. The number of urea groups is 1. The number of nitrogens with zero attached hydrogens (tertiary/aromatic N) is 2. The van der Waals surface area contributed by atoms with Gasteiger partial charge in [0.05, 0.1) is 36.9 Å². The predicted octanol–water partition coefficient (Wildman–Crippen LogP) is 4.55. The Morgan fingerprint density at radius 1 is 1.06 bits per heavy atom. The zero-order valence-corrected chi connectivity index (χ0v) is 20.3. The largest absolute Gasteiger partial charge is 0.455 e. The van der Waals surface area contributed by atoms with Crippen LogP contribution in [0, 0.1) is 5.92 Å². The Kier molecular flexibility index (Phi) is 6.72. The third-order valence-electron chi connectivity index (χ3n) is 7.25. The SMILES string of the molecule is O=C(Nc1ccc(Oc2ccc(CN3CCOCC3)nc2)c2ccccc12)NC1CC1C1CCCO1. The second kappa shape index (κ2) is 10.4. The summed E-state index contributed by atoms with van der Waals surface area (Å²) in [6, 6.07) is 15.7. The molecule has 0 spiro atoms. The van der Waals surface area contributed by atoms with Gasteiger partial charge in [-0.05, 0) is 43.5 Å². The molecule has 3 fully saturated rings. The zero-order chi connectivity index (χ0) is 24.3. The van der Waals surface area contributed by atoms with Gasteiger partial charge in [0.15, 0.2) is 0 Å². The van der Waals surface area contributed by atoms with E-state index >= 15 is 0 Å². The van der Waals surface area contributed by atoms with Crippen LogP contribution >= 0.6 is 0 Å². The molecule has 3 heterocycles. The Hall–Kier alpha value is -3.20. The Morgan fingerprint density at radius 3 is 2.69 bits per heavy atom. The Balaban J connectivity index is 1.11. The normalized spacial score (nSPS) is 23.9. The lowest BCUT2D eigenvalue weighted by molar-refractivity contribution is 0.0336. The highest BCUT2D eigenvalue weighted by atomic mass is 16.5. The summed E-state index contributed by atoms with van der Waals surface area (Å²) in [6.07, 6.45) is 5.28. The topological polar surface area (TPSA) is 85.0 Å². The zero-order valence-electron chi connectivity index (χ0n) is 20.3. The molecule has 2 saturated heterocycles. The van der Waals surface area contributed by atoms with Crippen LogP contribution in [0.4, 0.5) is 10.5 Å². The molecular formula is C28H32N4O4. The van der Waals surface area contributed by atoms with E-state index in [4.69, 9.17) is 14.2 Å². The minimum absolute atomic E-state index is 0.181. The molecular weight excluding hydrogens is 456 g/mol. The number of rotatable bonds is 7. The van der Waals surface area contributed by atoms with E-state index in [1.807, 2.05) is 48.5 Å². The Morgan fingerprint density at radius 2 is 1.92 bits per heavy atom. The van der Waals surface area contributed by atoms with Crippen LogP contribution < -0.4 is 15.4 Å². The van der Waals surface area contributed by atoms with Gasteiger partial charge in [-0.2, -0.15) is 0 Å². The maximum absolute atomic E-state index is 12.7. The minimum atomic E-state index is -0.181. The van der Waals surface area contributed by atoms with Crippen LogP contribution in [0.3, 0.4) is 0 Å². The lowest BCUT2D eigenvalue weighted by atomic mass is 10.1. The van der Waals surface area contributed by atoms with Crippen molar-refractivity contribution in [3.05, 3.63) is 60.4 Å². The summed E-state index contributed by atoms with van der Waals surface area (Å²) in [5.74, 6) is 1.85. The van der Waals surface area contributed by atoms with Crippen LogP contribution in [0.25, 0.3) is 10.8 Å². The number of carbonyl (C=O) groups is 1. The van der Waals surface area contributed by atoms with E-state index in [2.05, 4.69) is 20.5 Å². The number of pyridine rings is 1. The average Bonchev–Trinajstić information content (AvgIpc) is 3.44. The number of nitrogens with one attached hydrogen (secondary N) is 2. The van der Waals surface area contributed by atoms with E-state index in [0.717, 1.165) is 86.6 Å². The van der Waals surface area contributed by atoms with Crippen LogP contribution in [0.2, 0.25) is 0 Å². The van der Waals surface area contributed by atoms with Crippen molar-refractivity contribution in [2.75, 3.05) is 38.2 Å². The first-order valence-electron chi connectivity index (χ1n) is 12.9. The second-order valence-electron chi connectivity index (χ2n) is 9.79. The van der Waals surface area contributed by atoms with Crippen LogP contribution in [0.1, 0.15) is 25.0 Å². The number of aromatic nitrogens is 1. The first kappa shape index (κ1) is 23.2. The number of hydrogen-bond donors (Lipinski definition) is 2. The summed E-state index contributed by atoms with van der Waals surface area (Å²) < 4.78 is 17.4. The number of benzene rings is 2. The molecule has 2 N–H and O–H groups in total. The fourth-order valence-electron chi connectivity index (χ4n) is 5.21. The van der Waals surface area contributed by atoms with E-state index in [1.54, 1.807) is 6.20 Å². The highest BCUT2D eigenvalue weighted by Crippen LogP contribution is 2.39. The molecule has 1 saturated carbocycles. The van der Waals surface area contributed by atoms with Crippen LogP contribution in [0.15, 0.2) is 54.7 Å². The molecule has 6 rings (SSSR count). The molecule has 3 atom stereocenters. The molecule has 1 aromatic heterocycles. The van der Waals surface area contributed by atoms with Crippen molar-refractivity contribution in [3.63, 3.8) is 0 Å². The van der Waals surface area contributed by atoms with E-state index in [-0.39, 0.29) is 12.1 Å². The third kappa shape index (κ3) is 5.31. The van der Waals surface area contributed by atoms with Gasteiger partial charge < -0.3 is 24.8 Å². The van der Waals surface area contributed by atoms with E-state index in [1.165, 1.54) is 0 Å². The van der Waals surface area contributed by atoms with Crippen molar-refractivity contribution in [3.8, 4) is 11.5 Å². The summed E-state index contributed by atoms with van der Waals surface area (Å²) in [7, 11) is 0. The number of morpholine rings is 1. The van der Waals surface area contributed by atoms with Crippen molar-refractivity contribution in [2.45, 2.75) is 38.0 Å². The van der Waals surface area contributed by atoms with Gasteiger partial charge in [-0.25, -0.2) is 4.79 Å². The first-order valence-corrected chi connectivity index (χ1v) is 12.9.